The summed E-state index contributed by atoms with van der Waals surface area (Å²) in [5, 5.41) is 3.39. The minimum atomic E-state index is -0.216. The summed E-state index contributed by atoms with van der Waals surface area (Å²) >= 11 is 5.87. The van der Waals surface area contributed by atoms with Gasteiger partial charge in [0.1, 0.15) is 6.54 Å². The summed E-state index contributed by atoms with van der Waals surface area (Å²) in [6.45, 7) is 1.85. The molecule has 0 atom stereocenters. The average Bonchev–Trinajstić information content (AvgIpc) is 2.59. The summed E-state index contributed by atoms with van der Waals surface area (Å²) in [6, 6.07) is 12.3. The molecule has 0 aromatic heterocycles. The molecule has 2 aromatic rings. The molecule has 5 heteroatoms. The number of anilines is 2. The molecule has 0 saturated carbocycles. The molecule has 0 aliphatic carbocycles. The van der Waals surface area contributed by atoms with Crippen LogP contribution in [0.4, 0.5) is 11.4 Å². The van der Waals surface area contributed by atoms with Crippen LogP contribution >= 0.6 is 11.6 Å². The van der Waals surface area contributed by atoms with Crippen LogP contribution in [0.15, 0.2) is 42.5 Å². The molecule has 1 heterocycles. The predicted octanol–water partition coefficient (Wildman–Crippen LogP) is 3.25. The lowest BCUT2D eigenvalue weighted by molar-refractivity contribution is -0.114. The number of para-hydroxylation sites is 1. The second-order valence-corrected chi connectivity index (χ2v) is 5.35. The number of aryl methyl sites for hydroxylation is 1. The molecule has 0 fully saturated rings. The lowest BCUT2D eigenvalue weighted by Crippen LogP contribution is -2.34. The van der Waals surface area contributed by atoms with Crippen LogP contribution in [0.2, 0.25) is 5.02 Å². The van der Waals surface area contributed by atoms with Gasteiger partial charge in [-0.05, 0) is 42.8 Å². The van der Waals surface area contributed by atoms with E-state index in [9.17, 15) is 9.59 Å². The molecule has 21 heavy (non-hydrogen) atoms. The lowest BCUT2D eigenvalue weighted by Gasteiger charge is -2.19. The van der Waals surface area contributed by atoms with Crippen LogP contribution in [-0.2, 0) is 4.79 Å². The molecule has 0 radical (unpaired) electrons. The highest BCUT2D eigenvalue weighted by atomic mass is 35.5. The maximum Gasteiger partial charge on any atom is 0.260 e. The van der Waals surface area contributed by atoms with Gasteiger partial charge < -0.3 is 5.32 Å². The highest BCUT2D eigenvalue weighted by Crippen LogP contribution is 2.28. The predicted molar refractivity (Wildman–Crippen MR) is 82.9 cm³/mol. The van der Waals surface area contributed by atoms with Crippen molar-refractivity contribution in [3.05, 3.63) is 58.6 Å². The molecular weight excluding hydrogens is 288 g/mol. The van der Waals surface area contributed by atoms with Crippen LogP contribution in [0.3, 0.4) is 0 Å². The van der Waals surface area contributed by atoms with E-state index in [2.05, 4.69) is 5.32 Å². The van der Waals surface area contributed by atoms with Gasteiger partial charge in [0, 0.05) is 10.7 Å². The van der Waals surface area contributed by atoms with Crippen LogP contribution < -0.4 is 10.2 Å². The molecule has 0 saturated heterocycles. The summed E-state index contributed by atoms with van der Waals surface area (Å²) in [5.74, 6) is -0.416. The van der Waals surface area contributed by atoms with Crippen LogP contribution in [0.25, 0.3) is 0 Å². The highest BCUT2D eigenvalue weighted by molar-refractivity contribution is 6.30. The van der Waals surface area contributed by atoms with Crippen molar-refractivity contribution in [1.82, 2.24) is 0 Å². The monoisotopic (exact) mass is 300 g/mol. The molecular formula is C16H13ClN2O2. The quantitative estimate of drug-likeness (QED) is 0.879. The van der Waals surface area contributed by atoms with Gasteiger partial charge in [-0.25, -0.2) is 0 Å². The van der Waals surface area contributed by atoms with Crippen molar-refractivity contribution in [2.75, 3.05) is 16.8 Å². The summed E-state index contributed by atoms with van der Waals surface area (Å²) in [6.07, 6.45) is 0. The number of halogens is 1. The van der Waals surface area contributed by atoms with E-state index in [-0.39, 0.29) is 18.4 Å². The van der Waals surface area contributed by atoms with E-state index in [1.54, 1.807) is 30.3 Å². The van der Waals surface area contributed by atoms with Gasteiger partial charge in [-0.1, -0.05) is 23.7 Å². The molecule has 4 nitrogen and oxygen atoms in total. The zero-order valence-electron chi connectivity index (χ0n) is 11.4. The third kappa shape index (κ3) is 2.50. The number of carbonyl (C=O) groups excluding carboxylic acids is 2. The van der Waals surface area contributed by atoms with Gasteiger partial charge in [0.2, 0.25) is 5.91 Å². The van der Waals surface area contributed by atoms with E-state index < -0.39 is 0 Å². The maximum atomic E-state index is 12.7. The summed E-state index contributed by atoms with van der Waals surface area (Å²) in [4.78, 5) is 26.2. The number of rotatable bonds is 1. The fourth-order valence-electron chi connectivity index (χ4n) is 2.38. The molecule has 3 rings (SSSR count). The molecule has 2 aromatic carbocycles. The molecule has 1 N–H and O–H groups in total. The Labute approximate surface area is 127 Å². The normalized spacial score (nSPS) is 14.5. The first kappa shape index (κ1) is 13.6. The molecule has 1 aliphatic heterocycles. The number of benzene rings is 2. The molecule has 1 aliphatic rings. The fraction of sp³-hybridized carbons (Fsp3) is 0.125. The van der Waals surface area contributed by atoms with E-state index in [1.165, 1.54) is 4.90 Å². The topological polar surface area (TPSA) is 49.4 Å². The Balaban J connectivity index is 2.09. The zero-order chi connectivity index (χ0) is 15.0. The van der Waals surface area contributed by atoms with Gasteiger partial charge in [-0.15, -0.1) is 0 Å². The van der Waals surface area contributed by atoms with Crippen molar-refractivity contribution in [2.45, 2.75) is 6.92 Å². The molecule has 0 bridgehead atoms. The second-order valence-electron chi connectivity index (χ2n) is 4.91. The number of hydrogen-bond acceptors (Lipinski definition) is 2. The smallest absolute Gasteiger partial charge is 0.260 e. The standard InChI is InChI=1S/C16H13ClN2O2/c1-10-3-2-4-13-15(10)18-14(20)9-19(16(13)21)12-7-5-11(17)6-8-12/h2-8H,9H2,1H3,(H,18,20). The molecule has 0 spiro atoms. The van der Waals surface area contributed by atoms with Crippen LogP contribution in [0, 0.1) is 6.92 Å². The number of hydrogen-bond donors (Lipinski definition) is 1. The van der Waals surface area contributed by atoms with Gasteiger partial charge in [0.25, 0.3) is 5.91 Å². The number of nitrogens with one attached hydrogen (secondary N) is 1. The van der Waals surface area contributed by atoms with Crippen molar-refractivity contribution in [3.8, 4) is 0 Å². The Morgan fingerprint density at radius 2 is 1.81 bits per heavy atom. The zero-order valence-corrected chi connectivity index (χ0v) is 12.1. The van der Waals surface area contributed by atoms with Crippen molar-refractivity contribution in [3.63, 3.8) is 0 Å². The van der Waals surface area contributed by atoms with E-state index >= 15 is 0 Å². The molecule has 0 unspecified atom stereocenters. The first-order valence-electron chi connectivity index (χ1n) is 6.53. The molecule has 2 amide bonds. The van der Waals surface area contributed by atoms with Gasteiger partial charge in [0.15, 0.2) is 0 Å². The van der Waals surface area contributed by atoms with Gasteiger partial charge in [-0.3, -0.25) is 14.5 Å². The number of fused-ring (bicyclic) bond motifs is 1. The first-order valence-corrected chi connectivity index (χ1v) is 6.91. The largest absolute Gasteiger partial charge is 0.324 e. The average molecular weight is 301 g/mol. The SMILES string of the molecule is Cc1cccc2c1NC(=O)CN(c1ccc(Cl)cc1)C2=O. The Morgan fingerprint density at radius 3 is 2.52 bits per heavy atom. The minimum absolute atomic E-state index is 0.0193. The lowest BCUT2D eigenvalue weighted by atomic mass is 10.1. The van der Waals surface area contributed by atoms with Crippen LogP contribution in [-0.4, -0.2) is 18.4 Å². The van der Waals surface area contributed by atoms with E-state index in [0.29, 0.717) is 22.0 Å². The summed E-state index contributed by atoms with van der Waals surface area (Å²) in [5.41, 5.74) is 2.60. The fourth-order valence-corrected chi connectivity index (χ4v) is 2.51. The van der Waals surface area contributed by atoms with E-state index in [4.69, 9.17) is 11.6 Å². The summed E-state index contributed by atoms with van der Waals surface area (Å²) < 4.78 is 0. The van der Waals surface area contributed by atoms with Crippen LogP contribution in [0.1, 0.15) is 15.9 Å². The Bertz CT molecular complexity index is 726. The first-order chi connectivity index (χ1) is 10.1. The van der Waals surface area contributed by atoms with Crippen molar-refractivity contribution >= 4 is 34.8 Å². The minimum Gasteiger partial charge on any atom is -0.324 e. The third-order valence-corrected chi connectivity index (χ3v) is 3.70. The third-order valence-electron chi connectivity index (χ3n) is 3.45. The van der Waals surface area contributed by atoms with Crippen molar-refractivity contribution in [2.24, 2.45) is 0 Å². The van der Waals surface area contributed by atoms with Crippen molar-refractivity contribution < 1.29 is 9.59 Å². The van der Waals surface area contributed by atoms with E-state index in [1.807, 2.05) is 19.1 Å². The van der Waals surface area contributed by atoms with E-state index in [0.717, 1.165) is 5.56 Å². The highest BCUT2D eigenvalue weighted by Gasteiger charge is 2.27. The Morgan fingerprint density at radius 1 is 1.10 bits per heavy atom. The number of amides is 2. The molecule has 106 valence electrons. The van der Waals surface area contributed by atoms with Gasteiger partial charge in [-0.2, -0.15) is 0 Å². The van der Waals surface area contributed by atoms with Crippen LogP contribution in [0.5, 0.6) is 0 Å². The Hall–Kier alpha value is -2.33. The van der Waals surface area contributed by atoms with Crippen molar-refractivity contribution in [1.29, 1.82) is 0 Å². The summed E-state index contributed by atoms with van der Waals surface area (Å²) in [7, 11) is 0. The van der Waals surface area contributed by atoms with Gasteiger partial charge in [0.05, 0.1) is 11.3 Å². The number of nitrogens with zero attached hydrogens (tertiary/aromatic N) is 1. The Kier molecular flexibility index (Phi) is 3.39. The van der Waals surface area contributed by atoms with Gasteiger partial charge >= 0.3 is 0 Å². The number of carbonyl (C=O) groups is 2. The second kappa shape index (κ2) is 5.22. The maximum absolute atomic E-state index is 12.7.